The summed E-state index contributed by atoms with van der Waals surface area (Å²) in [5.74, 6) is 0.309. The molecule has 0 aromatic heterocycles. The third kappa shape index (κ3) is 3.70. The molecule has 4 heteroatoms. The first-order chi connectivity index (χ1) is 6.79. The van der Waals surface area contributed by atoms with Crippen LogP contribution in [0.2, 0.25) is 0 Å². The fourth-order valence-corrected chi connectivity index (χ4v) is 1.41. The van der Waals surface area contributed by atoms with Crippen LogP contribution in [-0.2, 0) is 4.74 Å². The Morgan fingerprint density at radius 2 is 2.13 bits per heavy atom. The van der Waals surface area contributed by atoms with Crippen molar-refractivity contribution in [3.05, 3.63) is 23.0 Å². The zero-order chi connectivity index (χ0) is 11.6. The molecular formula is C11H16BrNO2. The van der Waals surface area contributed by atoms with Gasteiger partial charge in [0.2, 0.25) is 0 Å². The fourth-order valence-electron chi connectivity index (χ4n) is 1.04. The maximum atomic E-state index is 11.7. The number of rotatable bonds is 0. The van der Waals surface area contributed by atoms with Gasteiger partial charge < -0.3 is 4.74 Å². The molecule has 1 heterocycles. The Kier molecular flexibility index (Phi) is 3.60. The van der Waals surface area contributed by atoms with E-state index in [0.717, 1.165) is 4.48 Å². The topological polar surface area (TPSA) is 29.5 Å². The van der Waals surface area contributed by atoms with Gasteiger partial charge in [-0.05, 0) is 20.8 Å². The lowest BCUT2D eigenvalue weighted by Gasteiger charge is -2.25. The van der Waals surface area contributed by atoms with E-state index < -0.39 is 5.60 Å². The molecule has 84 valence electrons. The second-order valence-electron chi connectivity index (χ2n) is 4.53. The van der Waals surface area contributed by atoms with Gasteiger partial charge in [-0.25, -0.2) is 4.79 Å². The van der Waals surface area contributed by atoms with Gasteiger partial charge in [-0.1, -0.05) is 28.9 Å². The number of carbonyl (C=O) groups excluding carboxylic acids is 1. The summed E-state index contributed by atoms with van der Waals surface area (Å²) in [6, 6.07) is 0. The average molecular weight is 274 g/mol. The number of carbonyl (C=O) groups is 1. The molecular weight excluding hydrogens is 258 g/mol. The van der Waals surface area contributed by atoms with Crippen LogP contribution in [0.15, 0.2) is 23.0 Å². The molecule has 0 aromatic rings. The first kappa shape index (κ1) is 12.3. The Morgan fingerprint density at radius 3 is 2.60 bits per heavy atom. The number of nitrogens with zero attached hydrogens (tertiary/aromatic N) is 1. The monoisotopic (exact) mass is 273 g/mol. The summed E-state index contributed by atoms with van der Waals surface area (Å²) in [7, 11) is 0. The van der Waals surface area contributed by atoms with E-state index in [2.05, 4.69) is 15.9 Å². The Bertz CT molecular complexity index is 315. The van der Waals surface area contributed by atoms with Gasteiger partial charge in [0, 0.05) is 22.8 Å². The van der Waals surface area contributed by atoms with Crippen molar-refractivity contribution in [3.8, 4) is 0 Å². The highest BCUT2D eigenvalue weighted by Gasteiger charge is 2.22. The lowest BCUT2D eigenvalue weighted by atomic mass is 10.1. The summed E-state index contributed by atoms with van der Waals surface area (Å²) in [5, 5.41) is 0. The van der Waals surface area contributed by atoms with Gasteiger partial charge in [0.1, 0.15) is 5.60 Å². The summed E-state index contributed by atoms with van der Waals surface area (Å²) >= 11 is 3.40. The molecule has 0 fully saturated rings. The van der Waals surface area contributed by atoms with Crippen molar-refractivity contribution < 1.29 is 9.53 Å². The van der Waals surface area contributed by atoms with Gasteiger partial charge in [0.25, 0.3) is 0 Å². The van der Waals surface area contributed by atoms with Crippen LogP contribution in [0.1, 0.15) is 27.7 Å². The van der Waals surface area contributed by atoms with Crippen LogP contribution in [0.4, 0.5) is 4.79 Å². The van der Waals surface area contributed by atoms with Crippen molar-refractivity contribution in [2.24, 2.45) is 5.92 Å². The van der Waals surface area contributed by atoms with Crippen molar-refractivity contribution in [1.82, 2.24) is 4.90 Å². The lowest BCUT2D eigenvalue weighted by Crippen LogP contribution is -2.31. The number of ether oxygens (including phenoxy) is 1. The minimum absolute atomic E-state index is 0.309. The number of amides is 1. The standard InChI is InChI=1S/C11H16BrNO2/c1-8-5-6-13(7-9(8)12)10(14)15-11(2,3)4/h5-8H,1-4H3. The van der Waals surface area contributed by atoms with E-state index in [1.807, 2.05) is 33.8 Å². The van der Waals surface area contributed by atoms with Crippen molar-refractivity contribution >= 4 is 22.0 Å². The zero-order valence-electron chi connectivity index (χ0n) is 9.45. The molecule has 0 N–H and O–H groups in total. The number of halogens is 1. The van der Waals surface area contributed by atoms with Crippen LogP contribution in [0.25, 0.3) is 0 Å². The molecule has 1 atom stereocenters. The molecule has 1 aliphatic heterocycles. The largest absolute Gasteiger partial charge is 0.443 e. The summed E-state index contributed by atoms with van der Waals surface area (Å²) in [6.07, 6.45) is 5.04. The molecule has 0 aromatic carbocycles. The SMILES string of the molecule is CC1C=CN(C(=O)OC(C)(C)C)C=C1Br. The molecule has 0 bridgehead atoms. The highest BCUT2D eigenvalue weighted by molar-refractivity contribution is 9.11. The van der Waals surface area contributed by atoms with E-state index in [1.54, 1.807) is 12.4 Å². The van der Waals surface area contributed by atoms with Crippen LogP contribution in [0.3, 0.4) is 0 Å². The van der Waals surface area contributed by atoms with Gasteiger partial charge >= 0.3 is 6.09 Å². The predicted octanol–water partition coefficient (Wildman–Crippen LogP) is 3.62. The van der Waals surface area contributed by atoms with E-state index in [9.17, 15) is 4.79 Å². The Morgan fingerprint density at radius 1 is 1.53 bits per heavy atom. The quantitative estimate of drug-likeness (QED) is 0.675. The van der Waals surface area contributed by atoms with Crippen LogP contribution < -0.4 is 0 Å². The number of allylic oxidation sites excluding steroid dienone is 2. The van der Waals surface area contributed by atoms with E-state index in [-0.39, 0.29) is 6.09 Å². The third-order valence-electron chi connectivity index (χ3n) is 1.84. The van der Waals surface area contributed by atoms with Gasteiger partial charge in [-0.15, -0.1) is 0 Å². The van der Waals surface area contributed by atoms with Crippen LogP contribution in [0.5, 0.6) is 0 Å². The molecule has 0 aliphatic carbocycles. The van der Waals surface area contributed by atoms with Crippen molar-refractivity contribution in [2.75, 3.05) is 0 Å². The van der Waals surface area contributed by atoms with E-state index in [4.69, 9.17) is 4.74 Å². The Hall–Kier alpha value is -0.770. The Balaban J connectivity index is 2.67. The van der Waals surface area contributed by atoms with Gasteiger partial charge in [-0.2, -0.15) is 0 Å². The minimum Gasteiger partial charge on any atom is -0.443 e. The summed E-state index contributed by atoms with van der Waals surface area (Å²) < 4.78 is 6.20. The summed E-state index contributed by atoms with van der Waals surface area (Å²) in [6.45, 7) is 7.59. The zero-order valence-corrected chi connectivity index (χ0v) is 11.0. The maximum absolute atomic E-state index is 11.7. The fraction of sp³-hybridized carbons (Fsp3) is 0.545. The molecule has 1 rings (SSSR count). The number of hydrogen-bond donors (Lipinski definition) is 0. The molecule has 0 spiro atoms. The average Bonchev–Trinajstić information content (AvgIpc) is 2.06. The van der Waals surface area contributed by atoms with Gasteiger partial charge in [-0.3, -0.25) is 4.90 Å². The predicted molar refractivity (Wildman–Crippen MR) is 63.4 cm³/mol. The first-order valence-electron chi connectivity index (χ1n) is 4.86. The molecule has 1 unspecified atom stereocenters. The van der Waals surface area contributed by atoms with Crippen molar-refractivity contribution in [3.63, 3.8) is 0 Å². The molecule has 1 aliphatic rings. The summed E-state index contributed by atoms with van der Waals surface area (Å²) in [5.41, 5.74) is -0.464. The van der Waals surface area contributed by atoms with E-state index in [1.165, 1.54) is 4.90 Å². The Labute approximate surface area is 98.9 Å². The molecule has 0 saturated carbocycles. The molecule has 3 nitrogen and oxygen atoms in total. The van der Waals surface area contributed by atoms with Crippen LogP contribution in [-0.4, -0.2) is 16.6 Å². The highest BCUT2D eigenvalue weighted by atomic mass is 79.9. The smallest absolute Gasteiger partial charge is 0.418 e. The van der Waals surface area contributed by atoms with Crippen molar-refractivity contribution in [1.29, 1.82) is 0 Å². The van der Waals surface area contributed by atoms with Gasteiger partial charge in [0.05, 0.1) is 0 Å². The van der Waals surface area contributed by atoms with Crippen molar-refractivity contribution in [2.45, 2.75) is 33.3 Å². The molecule has 0 saturated heterocycles. The normalized spacial score (nSPS) is 21.3. The van der Waals surface area contributed by atoms with Crippen LogP contribution in [0, 0.1) is 5.92 Å². The maximum Gasteiger partial charge on any atom is 0.418 e. The molecule has 0 radical (unpaired) electrons. The molecule has 1 amide bonds. The van der Waals surface area contributed by atoms with Crippen LogP contribution >= 0.6 is 15.9 Å². The first-order valence-corrected chi connectivity index (χ1v) is 5.66. The minimum atomic E-state index is -0.464. The highest BCUT2D eigenvalue weighted by Crippen LogP contribution is 2.24. The summed E-state index contributed by atoms with van der Waals surface area (Å²) in [4.78, 5) is 13.1. The third-order valence-corrected chi connectivity index (χ3v) is 2.76. The van der Waals surface area contributed by atoms with E-state index in [0.29, 0.717) is 5.92 Å². The van der Waals surface area contributed by atoms with E-state index >= 15 is 0 Å². The lowest BCUT2D eigenvalue weighted by molar-refractivity contribution is 0.0396. The second-order valence-corrected chi connectivity index (χ2v) is 5.45. The number of hydrogen-bond acceptors (Lipinski definition) is 2. The second kappa shape index (κ2) is 4.39. The van der Waals surface area contributed by atoms with Gasteiger partial charge in [0.15, 0.2) is 0 Å². The molecule has 15 heavy (non-hydrogen) atoms.